The van der Waals surface area contributed by atoms with Crippen LogP contribution < -0.4 is 9.64 Å². The zero-order valence-electron chi connectivity index (χ0n) is 16.6. The van der Waals surface area contributed by atoms with Crippen LogP contribution in [0.3, 0.4) is 0 Å². The smallest absolute Gasteiger partial charge is 0.282 e. The quantitative estimate of drug-likeness (QED) is 0.700. The molecule has 0 aromatic heterocycles. The number of aryl methyl sites for hydroxylation is 1. The number of rotatable bonds is 4. The summed E-state index contributed by atoms with van der Waals surface area (Å²) < 4.78 is 5.24. The van der Waals surface area contributed by atoms with Crippen LogP contribution in [-0.2, 0) is 9.59 Å². The second-order valence-electron chi connectivity index (χ2n) is 7.38. The number of carbonyl (C=O) groups excluding carboxylic acids is 2. The molecule has 150 valence electrons. The van der Waals surface area contributed by atoms with Gasteiger partial charge in [0.05, 0.1) is 18.4 Å². The van der Waals surface area contributed by atoms with E-state index in [1.807, 2.05) is 31.2 Å². The van der Waals surface area contributed by atoms with Crippen LogP contribution in [0, 0.1) is 6.92 Å². The van der Waals surface area contributed by atoms with Crippen LogP contribution in [0.1, 0.15) is 30.4 Å². The molecule has 2 aromatic carbocycles. The van der Waals surface area contributed by atoms with E-state index in [2.05, 4.69) is 4.90 Å². The van der Waals surface area contributed by atoms with Gasteiger partial charge in [0.15, 0.2) is 0 Å². The molecular weight excluding hydrogens is 388 g/mol. The lowest BCUT2D eigenvalue weighted by Gasteiger charge is -2.29. The summed E-state index contributed by atoms with van der Waals surface area (Å²) in [4.78, 5) is 30.4. The molecule has 1 fully saturated rings. The Hall–Kier alpha value is -2.79. The highest BCUT2D eigenvalue weighted by molar-refractivity contribution is 6.45. The molecule has 0 bridgehead atoms. The number of hydrogen-bond donors (Lipinski definition) is 0. The number of likely N-dealkylation sites (tertiary alicyclic amines) is 1. The maximum atomic E-state index is 13.5. The highest BCUT2D eigenvalue weighted by Crippen LogP contribution is 2.37. The van der Waals surface area contributed by atoms with E-state index in [0.29, 0.717) is 27.7 Å². The van der Waals surface area contributed by atoms with E-state index in [0.717, 1.165) is 43.5 Å². The van der Waals surface area contributed by atoms with Crippen molar-refractivity contribution in [1.29, 1.82) is 0 Å². The lowest BCUT2D eigenvalue weighted by molar-refractivity contribution is -0.120. The van der Waals surface area contributed by atoms with Gasteiger partial charge in [0.2, 0.25) is 0 Å². The molecule has 2 aliphatic rings. The normalized spacial score (nSPS) is 17.3. The van der Waals surface area contributed by atoms with Crippen molar-refractivity contribution >= 4 is 34.7 Å². The predicted octanol–water partition coefficient (Wildman–Crippen LogP) is 4.43. The molecule has 0 N–H and O–H groups in total. The van der Waals surface area contributed by atoms with E-state index in [1.54, 1.807) is 25.3 Å². The van der Waals surface area contributed by atoms with Gasteiger partial charge in [-0.05, 0) is 67.6 Å². The van der Waals surface area contributed by atoms with Crippen molar-refractivity contribution in [2.24, 2.45) is 0 Å². The average molecular weight is 411 g/mol. The summed E-state index contributed by atoms with van der Waals surface area (Å²) in [5, 5.41) is 0.574. The van der Waals surface area contributed by atoms with Gasteiger partial charge < -0.3 is 9.64 Å². The number of piperidine rings is 1. The SMILES string of the molecule is COc1ccc(C2=C(N3CCCCC3)C(=O)N(c3ccc(Cl)cc3C)C2=O)cc1. The van der Waals surface area contributed by atoms with Gasteiger partial charge in [-0.1, -0.05) is 23.7 Å². The first-order chi connectivity index (χ1) is 14.0. The van der Waals surface area contributed by atoms with Gasteiger partial charge >= 0.3 is 0 Å². The fourth-order valence-electron chi connectivity index (χ4n) is 4.04. The molecule has 29 heavy (non-hydrogen) atoms. The van der Waals surface area contributed by atoms with Crippen LogP contribution in [0.5, 0.6) is 5.75 Å². The molecular formula is C23H23ClN2O3. The molecule has 2 aromatic rings. The molecule has 4 rings (SSSR count). The Morgan fingerprint density at radius 2 is 1.62 bits per heavy atom. The number of methoxy groups -OCH3 is 1. The Balaban J connectivity index is 1.82. The summed E-state index contributed by atoms with van der Waals surface area (Å²) in [5.74, 6) is 0.135. The minimum atomic E-state index is -0.300. The van der Waals surface area contributed by atoms with Crippen LogP contribution in [0.4, 0.5) is 5.69 Å². The molecule has 0 aliphatic carbocycles. The van der Waals surface area contributed by atoms with Crippen molar-refractivity contribution in [2.45, 2.75) is 26.2 Å². The van der Waals surface area contributed by atoms with Crippen molar-refractivity contribution in [3.63, 3.8) is 0 Å². The van der Waals surface area contributed by atoms with E-state index < -0.39 is 0 Å². The van der Waals surface area contributed by atoms with Gasteiger partial charge in [-0.25, -0.2) is 4.90 Å². The molecule has 0 saturated carbocycles. The first-order valence-electron chi connectivity index (χ1n) is 9.80. The number of ether oxygens (including phenoxy) is 1. The fraction of sp³-hybridized carbons (Fsp3) is 0.304. The van der Waals surface area contributed by atoms with E-state index in [4.69, 9.17) is 16.3 Å². The van der Waals surface area contributed by atoms with Crippen molar-refractivity contribution in [1.82, 2.24) is 4.90 Å². The summed E-state index contributed by atoms with van der Waals surface area (Å²) in [5.41, 5.74) is 3.03. The van der Waals surface area contributed by atoms with E-state index in [1.165, 1.54) is 4.90 Å². The van der Waals surface area contributed by atoms with Crippen LogP contribution >= 0.6 is 11.6 Å². The molecule has 6 heteroatoms. The lowest BCUT2D eigenvalue weighted by atomic mass is 10.0. The van der Waals surface area contributed by atoms with Crippen molar-refractivity contribution in [2.75, 3.05) is 25.1 Å². The number of halogens is 1. The summed E-state index contributed by atoms with van der Waals surface area (Å²) >= 11 is 6.08. The van der Waals surface area contributed by atoms with Gasteiger partial charge in [-0.3, -0.25) is 9.59 Å². The zero-order chi connectivity index (χ0) is 20.5. The first-order valence-corrected chi connectivity index (χ1v) is 10.2. The van der Waals surface area contributed by atoms with Gasteiger partial charge in [0.1, 0.15) is 11.4 Å². The summed E-state index contributed by atoms with van der Waals surface area (Å²) in [7, 11) is 1.60. The Bertz CT molecular complexity index is 992. The van der Waals surface area contributed by atoms with E-state index >= 15 is 0 Å². The molecule has 0 unspecified atom stereocenters. The average Bonchev–Trinajstić information content (AvgIpc) is 2.99. The van der Waals surface area contributed by atoms with Crippen molar-refractivity contribution in [3.05, 3.63) is 64.3 Å². The minimum absolute atomic E-state index is 0.270. The maximum Gasteiger partial charge on any atom is 0.282 e. The van der Waals surface area contributed by atoms with E-state index in [9.17, 15) is 9.59 Å². The minimum Gasteiger partial charge on any atom is -0.497 e. The molecule has 0 radical (unpaired) electrons. The first kappa shape index (κ1) is 19.5. The monoisotopic (exact) mass is 410 g/mol. The van der Waals surface area contributed by atoms with Crippen LogP contribution in [0.2, 0.25) is 5.02 Å². The highest BCUT2D eigenvalue weighted by Gasteiger charge is 2.43. The standard InChI is InChI=1S/C23H23ClN2O3/c1-15-14-17(24)8-11-19(15)26-22(27)20(16-6-9-18(29-2)10-7-16)21(23(26)28)25-12-4-3-5-13-25/h6-11,14H,3-5,12-13H2,1-2H3. The van der Waals surface area contributed by atoms with Gasteiger partial charge in [-0.2, -0.15) is 0 Å². The third-order valence-electron chi connectivity index (χ3n) is 5.51. The number of carbonyl (C=O) groups is 2. The molecule has 0 spiro atoms. The molecule has 0 atom stereocenters. The number of amides is 2. The zero-order valence-corrected chi connectivity index (χ0v) is 17.3. The van der Waals surface area contributed by atoms with Crippen LogP contribution in [-0.4, -0.2) is 36.9 Å². The topological polar surface area (TPSA) is 49.9 Å². The van der Waals surface area contributed by atoms with Crippen molar-refractivity contribution < 1.29 is 14.3 Å². The second-order valence-corrected chi connectivity index (χ2v) is 7.81. The number of hydrogen-bond acceptors (Lipinski definition) is 4. The highest BCUT2D eigenvalue weighted by atomic mass is 35.5. The molecule has 2 amide bonds. The number of imide groups is 1. The summed E-state index contributed by atoms with van der Waals surface area (Å²) in [6, 6.07) is 12.5. The Morgan fingerprint density at radius 1 is 0.931 bits per heavy atom. The molecule has 5 nitrogen and oxygen atoms in total. The molecule has 2 heterocycles. The third-order valence-corrected chi connectivity index (χ3v) is 5.75. The van der Waals surface area contributed by atoms with Gasteiger partial charge in [-0.15, -0.1) is 0 Å². The van der Waals surface area contributed by atoms with E-state index in [-0.39, 0.29) is 11.8 Å². The fourth-order valence-corrected chi connectivity index (χ4v) is 4.26. The molecule has 1 saturated heterocycles. The largest absolute Gasteiger partial charge is 0.497 e. The Kier molecular flexibility index (Phi) is 5.33. The Morgan fingerprint density at radius 3 is 2.24 bits per heavy atom. The second kappa shape index (κ2) is 7.91. The van der Waals surface area contributed by atoms with Crippen LogP contribution in [0.25, 0.3) is 5.57 Å². The van der Waals surface area contributed by atoms with Crippen LogP contribution in [0.15, 0.2) is 48.2 Å². The van der Waals surface area contributed by atoms with Crippen molar-refractivity contribution in [3.8, 4) is 5.75 Å². The Labute approximate surface area is 175 Å². The third kappa shape index (κ3) is 3.51. The van der Waals surface area contributed by atoms with Gasteiger partial charge in [0, 0.05) is 18.1 Å². The number of nitrogens with zero attached hydrogens (tertiary/aromatic N) is 2. The molecule has 2 aliphatic heterocycles. The summed E-state index contributed by atoms with van der Waals surface area (Å²) in [6.45, 7) is 3.41. The summed E-state index contributed by atoms with van der Waals surface area (Å²) in [6.07, 6.45) is 3.17. The lowest BCUT2D eigenvalue weighted by Crippen LogP contribution is -2.37. The predicted molar refractivity (Wildman–Crippen MR) is 114 cm³/mol. The van der Waals surface area contributed by atoms with Gasteiger partial charge in [0.25, 0.3) is 11.8 Å². The number of benzene rings is 2. The maximum absolute atomic E-state index is 13.5. The number of anilines is 1.